The van der Waals surface area contributed by atoms with Gasteiger partial charge in [0.05, 0.1) is 5.69 Å². The van der Waals surface area contributed by atoms with Gasteiger partial charge in [-0.3, -0.25) is 9.48 Å². The lowest BCUT2D eigenvalue weighted by Gasteiger charge is -2.01. The van der Waals surface area contributed by atoms with E-state index in [-0.39, 0.29) is 5.91 Å². The lowest BCUT2D eigenvalue weighted by Crippen LogP contribution is -2.07. The predicted molar refractivity (Wildman–Crippen MR) is 89.4 cm³/mol. The van der Waals surface area contributed by atoms with Gasteiger partial charge in [-0.15, -0.1) is 0 Å². The van der Waals surface area contributed by atoms with Gasteiger partial charge in [-0.1, -0.05) is 11.6 Å². The van der Waals surface area contributed by atoms with Crippen molar-refractivity contribution < 1.29 is 9.21 Å². The molecule has 0 bridgehead atoms. The topological polar surface area (TPSA) is 73.0 Å². The minimum absolute atomic E-state index is 0.260. The number of oxazole rings is 1. The number of anilines is 1. The van der Waals surface area contributed by atoms with Crippen molar-refractivity contribution in [3.05, 3.63) is 46.6 Å². The molecule has 7 heteroatoms. The lowest BCUT2D eigenvalue weighted by atomic mass is 10.2. The van der Waals surface area contributed by atoms with Crippen molar-refractivity contribution in [3.8, 4) is 0 Å². The monoisotopic (exact) mass is 330 g/mol. The summed E-state index contributed by atoms with van der Waals surface area (Å²) in [5.41, 5.74) is 3.53. The fourth-order valence-electron chi connectivity index (χ4n) is 2.30. The largest absolute Gasteiger partial charge is 0.441 e. The van der Waals surface area contributed by atoms with Gasteiger partial charge in [-0.2, -0.15) is 5.10 Å². The van der Waals surface area contributed by atoms with Crippen LogP contribution in [0.5, 0.6) is 0 Å². The molecule has 0 aliphatic carbocycles. The molecule has 1 amide bonds. The zero-order valence-corrected chi connectivity index (χ0v) is 13.7. The van der Waals surface area contributed by atoms with Gasteiger partial charge >= 0.3 is 0 Å². The summed E-state index contributed by atoms with van der Waals surface area (Å²) in [6.45, 7) is 3.62. The highest BCUT2D eigenvalue weighted by molar-refractivity contribution is 6.31. The Morgan fingerprint density at radius 2 is 2.17 bits per heavy atom. The van der Waals surface area contributed by atoms with Crippen molar-refractivity contribution in [2.45, 2.75) is 13.8 Å². The van der Waals surface area contributed by atoms with Crippen LogP contribution < -0.4 is 5.32 Å². The third-order valence-corrected chi connectivity index (χ3v) is 3.81. The fourth-order valence-corrected chi connectivity index (χ4v) is 2.54. The number of nitrogens with one attached hydrogen (secondary N) is 1. The summed E-state index contributed by atoms with van der Waals surface area (Å²) in [7, 11) is 1.75. The van der Waals surface area contributed by atoms with E-state index in [1.54, 1.807) is 42.9 Å². The van der Waals surface area contributed by atoms with Gasteiger partial charge in [0.15, 0.2) is 11.5 Å². The number of aromatic nitrogens is 3. The number of amides is 1. The maximum Gasteiger partial charge on any atom is 0.248 e. The van der Waals surface area contributed by atoms with Crippen LogP contribution in [-0.4, -0.2) is 20.7 Å². The van der Waals surface area contributed by atoms with E-state index in [1.165, 1.54) is 6.08 Å². The van der Waals surface area contributed by atoms with Crippen molar-refractivity contribution in [1.82, 2.24) is 14.8 Å². The highest BCUT2D eigenvalue weighted by Crippen LogP contribution is 2.21. The molecule has 1 aromatic carbocycles. The molecule has 0 atom stereocenters. The van der Waals surface area contributed by atoms with Gasteiger partial charge in [0.2, 0.25) is 5.91 Å². The molecule has 0 aliphatic heterocycles. The Kier molecular flexibility index (Phi) is 3.92. The zero-order chi connectivity index (χ0) is 16.6. The van der Waals surface area contributed by atoms with Gasteiger partial charge in [0.25, 0.3) is 0 Å². The standard InChI is InChI=1S/C16H15ClN4O2/c1-9-12(16(17)21(3)20-9)5-7-15(22)19-11-4-6-14-13(8-11)18-10(2)23-14/h4-8H,1-3H3,(H,19,22)/b7-5+. The molecule has 0 spiro atoms. The molecule has 0 saturated heterocycles. The highest BCUT2D eigenvalue weighted by atomic mass is 35.5. The van der Waals surface area contributed by atoms with Gasteiger partial charge in [0, 0.05) is 31.3 Å². The molecular formula is C16H15ClN4O2. The van der Waals surface area contributed by atoms with Crippen LogP contribution >= 0.6 is 11.6 Å². The summed E-state index contributed by atoms with van der Waals surface area (Å²) in [4.78, 5) is 16.3. The summed E-state index contributed by atoms with van der Waals surface area (Å²) in [5, 5.41) is 7.47. The third-order valence-electron chi connectivity index (χ3n) is 3.36. The van der Waals surface area contributed by atoms with Crippen LogP contribution in [0, 0.1) is 13.8 Å². The van der Waals surface area contributed by atoms with Crippen molar-refractivity contribution in [1.29, 1.82) is 0 Å². The number of fused-ring (bicyclic) bond motifs is 1. The zero-order valence-electron chi connectivity index (χ0n) is 12.9. The second kappa shape index (κ2) is 5.89. The van der Waals surface area contributed by atoms with Crippen LogP contribution in [0.4, 0.5) is 5.69 Å². The number of hydrogen-bond acceptors (Lipinski definition) is 4. The number of carbonyl (C=O) groups is 1. The minimum Gasteiger partial charge on any atom is -0.441 e. The first kappa shape index (κ1) is 15.3. The van der Waals surface area contributed by atoms with Gasteiger partial charge in [-0.25, -0.2) is 4.98 Å². The first-order valence-corrected chi connectivity index (χ1v) is 7.37. The maximum atomic E-state index is 12.0. The molecule has 3 rings (SSSR count). The van der Waals surface area contributed by atoms with Crippen molar-refractivity contribution >= 4 is 40.4 Å². The third kappa shape index (κ3) is 3.12. The number of rotatable bonds is 3. The quantitative estimate of drug-likeness (QED) is 0.746. The van der Waals surface area contributed by atoms with Crippen LogP contribution in [0.3, 0.4) is 0 Å². The number of nitrogens with zero attached hydrogens (tertiary/aromatic N) is 3. The predicted octanol–water partition coefficient (Wildman–Crippen LogP) is 3.48. The molecule has 0 saturated carbocycles. The van der Waals surface area contributed by atoms with Crippen molar-refractivity contribution in [2.24, 2.45) is 7.05 Å². The number of aryl methyl sites for hydroxylation is 3. The Hall–Kier alpha value is -2.60. The molecule has 2 heterocycles. The number of benzene rings is 1. The summed E-state index contributed by atoms with van der Waals surface area (Å²) in [6.07, 6.45) is 3.08. The molecule has 0 radical (unpaired) electrons. The van der Waals surface area contributed by atoms with Gasteiger partial charge < -0.3 is 9.73 Å². The Morgan fingerprint density at radius 1 is 1.39 bits per heavy atom. The van der Waals surface area contributed by atoms with E-state index in [1.807, 2.05) is 6.92 Å². The van der Waals surface area contributed by atoms with E-state index >= 15 is 0 Å². The average molecular weight is 331 g/mol. The van der Waals surface area contributed by atoms with Gasteiger partial charge in [-0.05, 0) is 31.2 Å². The molecule has 2 aromatic heterocycles. The Bertz CT molecular complexity index is 924. The molecule has 23 heavy (non-hydrogen) atoms. The van der Waals surface area contributed by atoms with E-state index in [0.29, 0.717) is 27.8 Å². The van der Waals surface area contributed by atoms with Crippen LogP contribution in [0.25, 0.3) is 17.2 Å². The lowest BCUT2D eigenvalue weighted by molar-refractivity contribution is -0.111. The van der Waals surface area contributed by atoms with E-state index in [4.69, 9.17) is 16.0 Å². The molecule has 118 valence electrons. The van der Waals surface area contributed by atoms with E-state index in [0.717, 1.165) is 11.3 Å². The highest BCUT2D eigenvalue weighted by Gasteiger charge is 2.09. The minimum atomic E-state index is -0.260. The van der Waals surface area contributed by atoms with Crippen molar-refractivity contribution in [3.63, 3.8) is 0 Å². The summed E-state index contributed by atoms with van der Waals surface area (Å²) < 4.78 is 6.96. The smallest absolute Gasteiger partial charge is 0.248 e. The normalized spacial score (nSPS) is 11.5. The number of halogens is 1. The van der Waals surface area contributed by atoms with E-state index in [2.05, 4.69) is 15.4 Å². The average Bonchev–Trinajstić information content (AvgIpc) is 2.96. The second-order valence-corrected chi connectivity index (χ2v) is 5.51. The summed E-state index contributed by atoms with van der Waals surface area (Å²) in [5.74, 6) is 0.328. The summed E-state index contributed by atoms with van der Waals surface area (Å²) in [6, 6.07) is 5.30. The fraction of sp³-hybridized carbons (Fsp3) is 0.188. The molecular weight excluding hydrogens is 316 g/mol. The van der Waals surface area contributed by atoms with Crippen LogP contribution in [0.2, 0.25) is 5.15 Å². The SMILES string of the molecule is Cc1nc2cc(NC(=O)/C=C/c3c(C)nn(C)c3Cl)ccc2o1. The van der Waals surface area contributed by atoms with E-state index < -0.39 is 0 Å². The molecule has 0 fully saturated rings. The van der Waals surface area contributed by atoms with Crippen LogP contribution in [0.1, 0.15) is 17.1 Å². The maximum absolute atomic E-state index is 12.0. The Balaban J connectivity index is 1.76. The Labute approximate surface area is 137 Å². The number of carbonyl (C=O) groups excluding carboxylic acids is 1. The van der Waals surface area contributed by atoms with Gasteiger partial charge in [0.1, 0.15) is 10.7 Å². The van der Waals surface area contributed by atoms with E-state index in [9.17, 15) is 4.79 Å². The first-order valence-electron chi connectivity index (χ1n) is 6.99. The molecule has 0 unspecified atom stereocenters. The Morgan fingerprint density at radius 3 is 2.87 bits per heavy atom. The molecule has 3 aromatic rings. The summed E-state index contributed by atoms with van der Waals surface area (Å²) >= 11 is 6.12. The second-order valence-electron chi connectivity index (χ2n) is 5.15. The molecule has 1 N–H and O–H groups in total. The van der Waals surface area contributed by atoms with Crippen molar-refractivity contribution in [2.75, 3.05) is 5.32 Å². The molecule has 0 aliphatic rings. The molecule has 6 nitrogen and oxygen atoms in total. The first-order chi connectivity index (χ1) is 10.9. The number of hydrogen-bond donors (Lipinski definition) is 1. The van der Waals surface area contributed by atoms with Crippen LogP contribution in [-0.2, 0) is 11.8 Å². The van der Waals surface area contributed by atoms with Crippen LogP contribution in [0.15, 0.2) is 28.7 Å².